The summed E-state index contributed by atoms with van der Waals surface area (Å²) in [7, 11) is 0. The van der Waals surface area contributed by atoms with Crippen molar-refractivity contribution in [3.05, 3.63) is 90.0 Å². The van der Waals surface area contributed by atoms with Gasteiger partial charge in [0.05, 0.1) is 5.69 Å². The second-order valence-corrected chi connectivity index (χ2v) is 5.95. The van der Waals surface area contributed by atoms with Crippen LogP contribution in [0.1, 0.15) is 11.1 Å². The highest BCUT2D eigenvalue weighted by Crippen LogP contribution is 2.22. The Morgan fingerprint density at radius 1 is 0.583 bits per heavy atom. The Bertz CT molecular complexity index is 874. The summed E-state index contributed by atoms with van der Waals surface area (Å²) in [5.41, 5.74) is 3.40. The Balaban J connectivity index is 0.000000150. The van der Waals surface area contributed by atoms with Gasteiger partial charge in [-0.05, 0) is 65.4 Å². The van der Waals surface area contributed by atoms with Gasteiger partial charge in [-0.3, -0.25) is 4.99 Å². The lowest BCUT2D eigenvalue weighted by molar-refractivity contribution is 1.34. The number of aliphatic imine (C=N–C) groups is 1. The molecule has 0 N–H and O–H groups in total. The first kappa shape index (κ1) is 15.9. The molecule has 1 nitrogen and oxygen atoms in total. The van der Waals surface area contributed by atoms with Gasteiger partial charge in [-0.2, -0.15) is 0 Å². The van der Waals surface area contributed by atoms with Crippen molar-refractivity contribution in [3.63, 3.8) is 0 Å². The fourth-order valence-corrected chi connectivity index (χ4v) is 2.94. The van der Waals surface area contributed by atoms with Crippen LogP contribution >= 0.6 is 0 Å². The molecule has 0 fully saturated rings. The summed E-state index contributed by atoms with van der Waals surface area (Å²) in [5.74, 6) is 0. The van der Waals surface area contributed by atoms with E-state index in [0.717, 1.165) is 5.69 Å². The van der Waals surface area contributed by atoms with Crippen LogP contribution in [0, 0.1) is 13.8 Å². The number of hydrogen-bond acceptors (Lipinski definition) is 1. The highest BCUT2D eigenvalue weighted by Gasteiger charge is 1.96. The van der Waals surface area contributed by atoms with Crippen LogP contribution in [0.4, 0.5) is 5.69 Å². The minimum Gasteiger partial charge on any atom is -0.264 e. The topological polar surface area (TPSA) is 12.4 Å². The van der Waals surface area contributed by atoms with E-state index in [4.69, 9.17) is 0 Å². The smallest absolute Gasteiger partial charge is 0.0680 e. The zero-order valence-corrected chi connectivity index (χ0v) is 14.2. The molecular formula is C23H21N. The zero-order chi connectivity index (χ0) is 16.9. The van der Waals surface area contributed by atoms with Crippen LogP contribution in [0.3, 0.4) is 0 Å². The van der Waals surface area contributed by atoms with Gasteiger partial charge >= 0.3 is 0 Å². The number of fused-ring (bicyclic) bond motifs is 2. The third-order valence-corrected chi connectivity index (χ3v) is 4.21. The van der Waals surface area contributed by atoms with E-state index in [9.17, 15) is 0 Å². The first-order chi connectivity index (χ1) is 11.7. The number of hydrogen-bond donors (Lipinski definition) is 0. The minimum atomic E-state index is 1.02. The first-order valence-corrected chi connectivity index (χ1v) is 8.09. The maximum atomic E-state index is 3.92. The summed E-state index contributed by atoms with van der Waals surface area (Å²) in [6.45, 7) is 7.58. The fraction of sp³-hybridized carbons (Fsp3) is 0.0870. The lowest BCUT2D eigenvalue weighted by Gasteiger charge is -2.01. The molecule has 0 bridgehead atoms. The first-order valence-electron chi connectivity index (χ1n) is 8.09. The molecule has 0 atom stereocenters. The molecule has 4 aromatic carbocycles. The number of aryl methyl sites for hydroxylation is 2. The highest BCUT2D eigenvalue weighted by atomic mass is 14.7. The van der Waals surface area contributed by atoms with E-state index in [0.29, 0.717) is 0 Å². The molecule has 0 aliphatic heterocycles. The third kappa shape index (κ3) is 3.36. The molecule has 4 rings (SSSR count). The van der Waals surface area contributed by atoms with Gasteiger partial charge in [-0.1, -0.05) is 66.7 Å². The van der Waals surface area contributed by atoms with Crippen LogP contribution in [0.2, 0.25) is 0 Å². The lowest BCUT2D eigenvalue weighted by atomic mass is 10.0. The van der Waals surface area contributed by atoms with Gasteiger partial charge < -0.3 is 0 Å². The van der Waals surface area contributed by atoms with E-state index in [2.05, 4.69) is 72.4 Å². The Hall–Kier alpha value is -2.93. The lowest BCUT2D eigenvalue weighted by Crippen LogP contribution is -1.77. The SMILES string of the molecule is C=Nc1c(C)cccc1C.c1ccc2cc3ccccc3cc2c1. The molecule has 0 unspecified atom stereocenters. The van der Waals surface area contributed by atoms with E-state index in [1.54, 1.807) is 0 Å². The molecular weight excluding hydrogens is 290 g/mol. The van der Waals surface area contributed by atoms with Crippen LogP contribution in [0.15, 0.2) is 83.9 Å². The van der Waals surface area contributed by atoms with Crippen molar-refractivity contribution in [2.75, 3.05) is 0 Å². The summed E-state index contributed by atoms with van der Waals surface area (Å²) in [4.78, 5) is 3.92. The van der Waals surface area contributed by atoms with Gasteiger partial charge in [-0.25, -0.2) is 0 Å². The van der Waals surface area contributed by atoms with Crippen LogP contribution in [-0.4, -0.2) is 6.72 Å². The van der Waals surface area contributed by atoms with Gasteiger partial charge in [0.15, 0.2) is 0 Å². The summed E-state index contributed by atoms with van der Waals surface area (Å²) in [6.07, 6.45) is 0. The van der Waals surface area contributed by atoms with Crippen molar-refractivity contribution in [1.29, 1.82) is 0 Å². The average Bonchev–Trinajstić information content (AvgIpc) is 2.61. The van der Waals surface area contributed by atoms with Gasteiger partial charge in [0.2, 0.25) is 0 Å². The molecule has 0 amide bonds. The summed E-state index contributed by atoms with van der Waals surface area (Å²) < 4.78 is 0. The van der Waals surface area contributed by atoms with E-state index >= 15 is 0 Å². The van der Waals surface area contributed by atoms with Crippen molar-refractivity contribution in [2.24, 2.45) is 4.99 Å². The third-order valence-electron chi connectivity index (χ3n) is 4.21. The van der Waals surface area contributed by atoms with Gasteiger partial charge in [-0.15, -0.1) is 0 Å². The van der Waals surface area contributed by atoms with Gasteiger partial charge in [0.1, 0.15) is 0 Å². The maximum absolute atomic E-state index is 3.92. The Morgan fingerprint density at radius 2 is 0.958 bits per heavy atom. The number of rotatable bonds is 1. The number of nitrogens with zero attached hydrogens (tertiary/aromatic N) is 1. The Morgan fingerprint density at radius 3 is 1.25 bits per heavy atom. The Kier molecular flexibility index (Phi) is 4.72. The monoisotopic (exact) mass is 311 g/mol. The molecule has 0 heterocycles. The number of benzene rings is 4. The minimum absolute atomic E-state index is 1.02. The van der Waals surface area contributed by atoms with Crippen LogP contribution in [0.5, 0.6) is 0 Å². The molecule has 118 valence electrons. The van der Waals surface area contributed by atoms with Crippen molar-refractivity contribution in [3.8, 4) is 0 Å². The molecule has 24 heavy (non-hydrogen) atoms. The molecule has 0 aliphatic rings. The quantitative estimate of drug-likeness (QED) is 0.276. The normalized spacial score (nSPS) is 10.2. The molecule has 1 heteroatoms. The average molecular weight is 311 g/mol. The van der Waals surface area contributed by atoms with Crippen LogP contribution < -0.4 is 0 Å². The summed E-state index contributed by atoms with van der Waals surface area (Å²) >= 11 is 0. The highest BCUT2D eigenvalue weighted by molar-refractivity contribution is 5.98. The second-order valence-electron chi connectivity index (χ2n) is 5.95. The van der Waals surface area contributed by atoms with Crippen molar-refractivity contribution in [2.45, 2.75) is 13.8 Å². The van der Waals surface area contributed by atoms with Crippen molar-refractivity contribution in [1.82, 2.24) is 0 Å². The summed E-state index contributed by atoms with van der Waals surface area (Å²) in [6, 6.07) is 27.5. The fourth-order valence-electron chi connectivity index (χ4n) is 2.94. The van der Waals surface area contributed by atoms with E-state index in [-0.39, 0.29) is 0 Å². The van der Waals surface area contributed by atoms with E-state index in [1.807, 2.05) is 32.0 Å². The number of para-hydroxylation sites is 1. The van der Waals surface area contributed by atoms with Crippen molar-refractivity contribution < 1.29 is 0 Å². The predicted molar refractivity (Wildman–Crippen MR) is 107 cm³/mol. The predicted octanol–water partition coefficient (Wildman–Crippen LogP) is 6.63. The molecule has 4 aromatic rings. The molecule has 0 spiro atoms. The molecule has 0 saturated heterocycles. The van der Waals surface area contributed by atoms with Gasteiger partial charge in [0, 0.05) is 0 Å². The molecule has 0 aromatic heterocycles. The largest absolute Gasteiger partial charge is 0.264 e. The van der Waals surface area contributed by atoms with Crippen LogP contribution in [0.25, 0.3) is 21.5 Å². The molecule has 0 saturated carbocycles. The van der Waals surface area contributed by atoms with E-state index < -0.39 is 0 Å². The maximum Gasteiger partial charge on any atom is 0.0680 e. The van der Waals surface area contributed by atoms with E-state index in [1.165, 1.54) is 32.7 Å². The summed E-state index contributed by atoms with van der Waals surface area (Å²) in [5, 5.41) is 5.25. The molecule has 0 radical (unpaired) electrons. The van der Waals surface area contributed by atoms with Gasteiger partial charge in [0.25, 0.3) is 0 Å². The Labute approximate surface area is 143 Å². The van der Waals surface area contributed by atoms with Crippen molar-refractivity contribution >= 4 is 33.9 Å². The van der Waals surface area contributed by atoms with Crippen LogP contribution in [-0.2, 0) is 0 Å². The molecule has 0 aliphatic carbocycles. The standard InChI is InChI=1S/C14H10.C9H11N/c1-2-6-12-10-14-8-4-3-7-13(14)9-11(12)5-1;1-7-5-4-6-8(2)9(7)10-3/h1-10H;4-6H,3H2,1-2H3. The second kappa shape index (κ2) is 7.10. The zero-order valence-electron chi connectivity index (χ0n) is 14.2.